The van der Waals surface area contributed by atoms with E-state index in [1.165, 1.54) is 20.7 Å². The van der Waals surface area contributed by atoms with Crippen molar-refractivity contribution in [2.24, 2.45) is 0 Å². The van der Waals surface area contributed by atoms with Crippen LogP contribution in [-0.4, -0.2) is 50.8 Å². The van der Waals surface area contributed by atoms with Gasteiger partial charge in [-0.15, -0.1) is 10.2 Å². The topological polar surface area (TPSA) is 133 Å². The Kier molecular flexibility index (Phi) is 6.60. The lowest BCUT2D eigenvalue weighted by atomic mass is 10.2. The zero-order valence-corrected chi connectivity index (χ0v) is 19.8. The quantitative estimate of drug-likeness (QED) is 0.277. The predicted octanol–water partition coefficient (Wildman–Crippen LogP) is 3.09. The first-order valence-corrected chi connectivity index (χ1v) is 13.1. The number of aromatic nitrogens is 5. The van der Waals surface area contributed by atoms with Gasteiger partial charge in [0.05, 0.1) is 10.6 Å². The van der Waals surface area contributed by atoms with Crippen molar-refractivity contribution in [1.82, 2.24) is 29.3 Å². The van der Waals surface area contributed by atoms with Crippen molar-refractivity contribution >= 4 is 33.1 Å². The number of rotatable bonds is 9. The zero-order chi connectivity index (χ0) is 22.7. The summed E-state index contributed by atoms with van der Waals surface area (Å²) in [5.41, 5.74) is 1.46. The van der Waals surface area contributed by atoms with Crippen LogP contribution in [0.25, 0.3) is 22.8 Å². The Morgan fingerprint density at radius 2 is 2.00 bits per heavy atom. The average Bonchev–Trinajstić information content (AvgIpc) is 3.54. The van der Waals surface area contributed by atoms with E-state index in [0.29, 0.717) is 47.1 Å². The van der Waals surface area contributed by atoms with E-state index in [1.807, 2.05) is 16.8 Å². The predicted molar refractivity (Wildman–Crippen MR) is 123 cm³/mol. The monoisotopic (exact) mass is 491 g/mol. The Hall–Kier alpha value is -2.74. The number of hydrogen-bond donors (Lipinski definition) is 1. The van der Waals surface area contributed by atoms with Crippen LogP contribution in [0.5, 0.6) is 0 Å². The summed E-state index contributed by atoms with van der Waals surface area (Å²) in [6.07, 6.45) is 0. The summed E-state index contributed by atoms with van der Waals surface area (Å²) < 4.78 is 33.7. The molecule has 2 N–H and O–H groups in total. The molecule has 13 heteroatoms. The SMILES string of the molecule is CCN(CC)S(=O)(=O)c1cccc(-c2nnc(SCc3nc(-c4ccsc4)no3)n2N)c1. The summed E-state index contributed by atoms with van der Waals surface area (Å²) in [4.78, 5) is 4.56. The molecule has 0 bridgehead atoms. The molecule has 0 fully saturated rings. The van der Waals surface area contributed by atoms with Crippen molar-refractivity contribution < 1.29 is 12.9 Å². The molecule has 4 aromatic rings. The molecule has 3 aromatic heterocycles. The number of thiophene rings is 1. The highest BCUT2D eigenvalue weighted by molar-refractivity contribution is 7.98. The molecular formula is C19H21N7O3S3. The summed E-state index contributed by atoms with van der Waals surface area (Å²) in [5, 5.41) is 16.6. The second kappa shape index (κ2) is 9.40. The molecule has 1 aromatic carbocycles. The molecule has 0 aliphatic carbocycles. The van der Waals surface area contributed by atoms with Crippen molar-refractivity contribution in [2.45, 2.75) is 29.7 Å². The van der Waals surface area contributed by atoms with E-state index >= 15 is 0 Å². The third kappa shape index (κ3) is 4.41. The van der Waals surface area contributed by atoms with E-state index in [-0.39, 0.29) is 4.90 Å². The van der Waals surface area contributed by atoms with E-state index in [1.54, 1.807) is 49.4 Å². The first-order chi connectivity index (χ1) is 15.4. The highest BCUT2D eigenvalue weighted by Crippen LogP contribution is 2.27. The summed E-state index contributed by atoms with van der Waals surface area (Å²) in [5.74, 6) is 7.89. The Labute approximate surface area is 193 Å². The highest BCUT2D eigenvalue weighted by Gasteiger charge is 2.23. The number of nitrogens with two attached hydrogens (primary N) is 1. The molecule has 168 valence electrons. The van der Waals surface area contributed by atoms with Crippen molar-refractivity contribution in [2.75, 3.05) is 18.9 Å². The van der Waals surface area contributed by atoms with Crippen LogP contribution in [0.1, 0.15) is 19.7 Å². The van der Waals surface area contributed by atoms with Gasteiger partial charge in [-0.2, -0.15) is 20.6 Å². The molecule has 0 amide bonds. The molecule has 0 unspecified atom stereocenters. The van der Waals surface area contributed by atoms with Crippen LogP contribution >= 0.6 is 23.1 Å². The second-order valence-electron chi connectivity index (χ2n) is 6.61. The largest absolute Gasteiger partial charge is 0.338 e. The molecule has 0 saturated carbocycles. The van der Waals surface area contributed by atoms with E-state index in [9.17, 15) is 8.42 Å². The van der Waals surface area contributed by atoms with Gasteiger partial charge in [0.15, 0.2) is 5.82 Å². The van der Waals surface area contributed by atoms with Gasteiger partial charge in [0.25, 0.3) is 0 Å². The van der Waals surface area contributed by atoms with Gasteiger partial charge in [-0.3, -0.25) is 0 Å². The van der Waals surface area contributed by atoms with Crippen LogP contribution in [0.3, 0.4) is 0 Å². The van der Waals surface area contributed by atoms with Crippen LogP contribution in [0.4, 0.5) is 0 Å². The molecule has 0 aliphatic rings. The van der Waals surface area contributed by atoms with Crippen molar-refractivity contribution in [1.29, 1.82) is 0 Å². The highest BCUT2D eigenvalue weighted by atomic mass is 32.2. The van der Waals surface area contributed by atoms with Crippen molar-refractivity contribution in [3.8, 4) is 22.8 Å². The summed E-state index contributed by atoms with van der Waals surface area (Å²) in [7, 11) is -3.60. The average molecular weight is 492 g/mol. The van der Waals surface area contributed by atoms with Gasteiger partial charge in [0.2, 0.25) is 26.9 Å². The van der Waals surface area contributed by atoms with E-state index < -0.39 is 10.0 Å². The third-order valence-electron chi connectivity index (χ3n) is 4.67. The van der Waals surface area contributed by atoms with E-state index in [4.69, 9.17) is 10.4 Å². The van der Waals surface area contributed by atoms with Crippen LogP contribution < -0.4 is 5.84 Å². The number of nitrogen functional groups attached to an aromatic ring is 1. The molecule has 0 aliphatic heterocycles. The third-order valence-corrected chi connectivity index (χ3v) is 8.33. The van der Waals surface area contributed by atoms with Crippen LogP contribution in [0.2, 0.25) is 0 Å². The maximum absolute atomic E-state index is 12.8. The zero-order valence-electron chi connectivity index (χ0n) is 17.4. The van der Waals surface area contributed by atoms with Gasteiger partial charge in [-0.1, -0.05) is 42.9 Å². The van der Waals surface area contributed by atoms with E-state index in [0.717, 1.165) is 5.56 Å². The first-order valence-electron chi connectivity index (χ1n) is 9.73. The lowest BCUT2D eigenvalue weighted by Crippen LogP contribution is -2.30. The van der Waals surface area contributed by atoms with Gasteiger partial charge in [-0.25, -0.2) is 13.1 Å². The Bertz CT molecular complexity index is 1300. The van der Waals surface area contributed by atoms with E-state index in [2.05, 4.69) is 20.3 Å². The van der Waals surface area contributed by atoms with Crippen molar-refractivity contribution in [3.63, 3.8) is 0 Å². The molecule has 0 atom stereocenters. The first kappa shape index (κ1) is 22.5. The number of hydrogen-bond acceptors (Lipinski definition) is 10. The van der Waals surface area contributed by atoms with Gasteiger partial charge in [-0.05, 0) is 23.6 Å². The minimum absolute atomic E-state index is 0.183. The molecule has 0 radical (unpaired) electrons. The second-order valence-corrected chi connectivity index (χ2v) is 10.3. The standard InChI is InChI=1S/C19H21N7O3S3/c1-3-25(4-2)32(27,28)15-7-5-6-13(10-15)18-22-23-19(26(18)20)31-12-16-21-17(24-29-16)14-8-9-30-11-14/h5-11H,3-4,12,20H2,1-2H3. The molecule has 3 heterocycles. The molecule has 0 saturated heterocycles. The van der Waals surface area contributed by atoms with Crippen LogP contribution in [0, 0.1) is 0 Å². The van der Waals surface area contributed by atoms with Gasteiger partial charge >= 0.3 is 0 Å². The fraction of sp³-hybridized carbons (Fsp3) is 0.263. The number of benzene rings is 1. The molecule has 0 spiro atoms. The number of nitrogens with zero attached hydrogens (tertiary/aromatic N) is 6. The summed E-state index contributed by atoms with van der Waals surface area (Å²) in [6.45, 7) is 4.39. The van der Waals surface area contributed by atoms with Crippen LogP contribution in [-0.2, 0) is 15.8 Å². The van der Waals surface area contributed by atoms with Gasteiger partial charge in [0.1, 0.15) is 0 Å². The fourth-order valence-corrected chi connectivity index (χ4v) is 5.86. The molecular weight excluding hydrogens is 470 g/mol. The molecule has 32 heavy (non-hydrogen) atoms. The Morgan fingerprint density at radius 1 is 1.19 bits per heavy atom. The maximum atomic E-state index is 12.8. The maximum Gasteiger partial charge on any atom is 0.243 e. The normalized spacial score (nSPS) is 12.0. The smallest absolute Gasteiger partial charge is 0.243 e. The van der Waals surface area contributed by atoms with Gasteiger partial charge in [0, 0.05) is 29.6 Å². The molecule has 10 nitrogen and oxygen atoms in total. The molecule has 4 rings (SSSR count). The lowest BCUT2D eigenvalue weighted by molar-refractivity contribution is 0.391. The Balaban J connectivity index is 1.52. The Morgan fingerprint density at radius 3 is 2.72 bits per heavy atom. The number of sulfonamides is 1. The summed E-state index contributed by atoms with van der Waals surface area (Å²) in [6, 6.07) is 8.45. The lowest BCUT2D eigenvalue weighted by Gasteiger charge is -2.18. The van der Waals surface area contributed by atoms with Gasteiger partial charge < -0.3 is 10.4 Å². The minimum Gasteiger partial charge on any atom is -0.338 e. The van der Waals surface area contributed by atoms with Crippen LogP contribution in [0.15, 0.2) is 55.7 Å². The minimum atomic E-state index is -3.60. The summed E-state index contributed by atoms with van der Waals surface area (Å²) >= 11 is 2.85. The number of thioether (sulfide) groups is 1. The fourth-order valence-electron chi connectivity index (χ4n) is 3.03. The van der Waals surface area contributed by atoms with Crippen molar-refractivity contribution in [3.05, 3.63) is 47.0 Å².